The van der Waals surface area contributed by atoms with Crippen molar-refractivity contribution >= 4 is 0 Å². The van der Waals surface area contributed by atoms with Crippen molar-refractivity contribution < 1.29 is 0 Å². The highest BCUT2D eigenvalue weighted by Gasteiger charge is 2.49. The van der Waals surface area contributed by atoms with Crippen LogP contribution in [0.2, 0.25) is 0 Å². The molecule has 4 heteroatoms. The summed E-state index contributed by atoms with van der Waals surface area (Å²) in [5.41, 5.74) is 6.46. The highest BCUT2D eigenvalue weighted by atomic mass is 15.4. The fraction of sp³-hybridized carbons (Fsp3) is 1.00. The Morgan fingerprint density at radius 2 is 1.83 bits per heavy atom. The molecular weight excluding hydrogens is 224 g/mol. The zero-order chi connectivity index (χ0) is 12.8. The molecule has 2 atom stereocenters. The van der Waals surface area contributed by atoms with Gasteiger partial charge in [-0.3, -0.25) is 9.80 Å². The van der Waals surface area contributed by atoms with Crippen molar-refractivity contribution in [3.05, 3.63) is 0 Å². The van der Waals surface area contributed by atoms with Crippen molar-refractivity contribution in [2.75, 3.05) is 46.3 Å². The summed E-state index contributed by atoms with van der Waals surface area (Å²) in [6, 6.07) is 1.60. The van der Waals surface area contributed by atoms with Crippen LogP contribution in [0.1, 0.15) is 26.2 Å². The minimum atomic E-state index is 0.267. The fourth-order valence-electron chi connectivity index (χ4n) is 3.91. The molecule has 2 aliphatic heterocycles. The Balaban J connectivity index is 1.70. The molecule has 1 aliphatic carbocycles. The maximum Gasteiger partial charge on any atom is 0.0474 e. The number of likely N-dealkylation sites (N-methyl/N-ethyl adjacent to an activating group) is 1. The number of nitrogens with two attached hydrogens (primary N) is 1. The second-order valence-corrected chi connectivity index (χ2v) is 6.68. The minimum Gasteiger partial charge on any atom is -0.329 e. The van der Waals surface area contributed by atoms with E-state index in [1.54, 1.807) is 0 Å². The lowest BCUT2D eigenvalue weighted by Crippen LogP contribution is -2.61. The molecule has 0 spiro atoms. The second kappa shape index (κ2) is 4.75. The second-order valence-electron chi connectivity index (χ2n) is 6.68. The summed E-state index contributed by atoms with van der Waals surface area (Å²) < 4.78 is 0. The van der Waals surface area contributed by atoms with Gasteiger partial charge in [-0.2, -0.15) is 0 Å². The predicted molar refractivity (Wildman–Crippen MR) is 74.7 cm³/mol. The van der Waals surface area contributed by atoms with Gasteiger partial charge in [0.2, 0.25) is 0 Å². The highest BCUT2D eigenvalue weighted by Crippen LogP contribution is 2.39. The normalized spacial score (nSPS) is 40.5. The lowest BCUT2D eigenvalue weighted by Gasteiger charge is -2.45. The molecule has 0 amide bonds. The molecule has 0 aromatic rings. The molecule has 0 radical (unpaired) electrons. The standard InChI is InChI=1S/C14H28N4/c1-12-9-14(10-15,11-18(12)13-3-4-13)17-7-5-16(2)6-8-17/h12-13H,3-11,15H2,1-2H3. The van der Waals surface area contributed by atoms with Crippen LogP contribution in [0.25, 0.3) is 0 Å². The van der Waals surface area contributed by atoms with Crippen LogP contribution in [-0.4, -0.2) is 78.6 Å². The first-order valence-corrected chi connectivity index (χ1v) is 7.54. The molecule has 0 bridgehead atoms. The third-order valence-corrected chi connectivity index (χ3v) is 5.29. The van der Waals surface area contributed by atoms with E-state index in [2.05, 4.69) is 28.7 Å². The first kappa shape index (κ1) is 12.9. The van der Waals surface area contributed by atoms with Gasteiger partial charge in [0.1, 0.15) is 0 Å². The molecule has 2 heterocycles. The maximum absolute atomic E-state index is 6.20. The van der Waals surface area contributed by atoms with Gasteiger partial charge in [0.25, 0.3) is 0 Å². The maximum atomic E-state index is 6.20. The van der Waals surface area contributed by atoms with E-state index in [9.17, 15) is 0 Å². The van der Waals surface area contributed by atoms with Crippen molar-refractivity contribution in [3.63, 3.8) is 0 Å². The van der Waals surface area contributed by atoms with Crippen LogP contribution in [0, 0.1) is 0 Å². The third kappa shape index (κ3) is 2.20. The van der Waals surface area contributed by atoms with Gasteiger partial charge in [-0.05, 0) is 33.2 Å². The highest BCUT2D eigenvalue weighted by molar-refractivity contribution is 5.07. The summed E-state index contributed by atoms with van der Waals surface area (Å²) in [5.74, 6) is 0. The lowest BCUT2D eigenvalue weighted by atomic mass is 9.93. The number of hydrogen-bond acceptors (Lipinski definition) is 4. The molecule has 3 rings (SSSR count). The van der Waals surface area contributed by atoms with Crippen LogP contribution < -0.4 is 5.73 Å². The average molecular weight is 252 g/mol. The molecule has 104 valence electrons. The van der Waals surface area contributed by atoms with E-state index in [0.717, 1.165) is 18.6 Å². The fourth-order valence-corrected chi connectivity index (χ4v) is 3.91. The smallest absolute Gasteiger partial charge is 0.0474 e. The van der Waals surface area contributed by atoms with Gasteiger partial charge in [0.15, 0.2) is 0 Å². The zero-order valence-electron chi connectivity index (χ0n) is 11.9. The van der Waals surface area contributed by atoms with E-state index in [-0.39, 0.29) is 5.54 Å². The summed E-state index contributed by atoms with van der Waals surface area (Å²) in [5, 5.41) is 0. The monoisotopic (exact) mass is 252 g/mol. The van der Waals surface area contributed by atoms with Crippen LogP contribution in [-0.2, 0) is 0 Å². The Morgan fingerprint density at radius 1 is 1.17 bits per heavy atom. The van der Waals surface area contributed by atoms with Crippen LogP contribution in [0.15, 0.2) is 0 Å². The molecule has 2 saturated heterocycles. The zero-order valence-corrected chi connectivity index (χ0v) is 11.9. The molecule has 4 nitrogen and oxygen atoms in total. The van der Waals surface area contributed by atoms with Gasteiger partial charge in [-0.25, -0.2) is 0 Å². The Kier molecular flexibility index (Phi) is 3.39. The van der Waals surface area contributed by atoms with Crippen molar-refractivity contribution in [3.8, 4) is 0 Å². The van der Waals surface area contributed by atoms with Crippen LogP contribution in [0.5, 0.6) is 0 Å². The van der Waals surface area contributed by atoms with Crippen LogP contribution in [0.4, 0.5) is 0 Å². The number of hydrogen-bond donors (Lipinski definition) is 1. The van der Waals surface area contributed by atoms with Crippen LogP contribution >= 0.6 is 0 Å². The van der Waals surface area contributed by atoms with E-state index in [1.165, 1.54) is 52.0 Å². The summed E-state index contributed by atoms with van der Waals surface area (Å²) in [6.07, 6.45) is 4.09. The summed E-state index contributed by atoms with van der Waals surface area (Å²) in [4.78, 5) is 7.84. The average Bonchev–Trinajstić information content (AvgIpc) is 3.15. The first-order valence-electron chi connectivity index (χ1n) is 7.54. The van der Waals surface area contributed by atoms with E-state index in [4.69, 9.17) is 5.73 Å². The molecule has 18 heavy (non-hydrogen) atoms. The summed E-state index contributed by atoms with van der Waals surface area (Å²) >= 11 is 0. The van der Waals surface area contributed by atoms with E-state index in [1.807, 2.05) is 0 Å². The topological polar surface area (TPSA) is 35.7 Å². The summed E-state index contributed by atoms with van der Waals surface area (Å²) in [6.45, 7) is 9.20. The van der Waals surface area contributed by atoms with Crippen molar-refractivity contribution in [1.29, 1.82) is 0 Å². The minimum absolute atomic E-state index is 0.267. The Hall–Kier alpha value is -0.160. The molecule has 1 saturated carbocycles. The van der Waals surface area contributed by atoms with E-state index in [0.29, 0.717) is 0 Å². The molecule has 3 aliphatic rings. The quantitative estimate of drug-likeness (QED) is 0.778. The van der Waals surface area contributed by atoms with Gasteiger partial charge in [-0.1, -0.05) is 0 Å². The Labute approximate surface area is 111 Å². The number of nitrogens with zero attached hydrogens (tertiary/aromatic N) is 3. The van der Waals surface area contributed by atoms with Crippen molar-refractivity contribution in [1.82, 2.24) is 14.7 Å². The summed E-state index contributed by atoms with van der Waals surface area (Å²) in [7, 11) is 2.22. The van der Waals surface area contributed by atoms with Crippen molar-refractivity contribution in [2.45, 2.75) is 43.8 Å². The molecular formula is C14H28N4. The van der Waals surface area contributed by atoms with Gasteiger partial charge in [-0.15, -0.1) is 0 Å². The van der Waals surface area contributed by atoms with E-state index < -0.39 is 0 Å². The van der Waals surface area contributed by atoms with Gasteiger partial charge in [0.05, 0.1) is 0 Å². The Morgan fingerprint density at radius 3 is 2.39 bits per heavy atom. The van der Waals surface area contributed by atoms with Crippen molar-refractivity contribution in [2.24, 2.45) is 5.73 Å². The Bertz CT molecular complexity index is 296. The number of piperazine rings is 1. The molecule has 0 aromatic heterocycles. The van der Waals surface area contributed by atoms with Gasteiger partial charge < -0.3 is 10.6 Å². The first-order chi connectivity index (χ1) is 8.64. The lowest BCUT2D eigenvalue weighted by molar-refractivity contribution is 0.0487. The van der Waals surface area contributed by atoms with Crippen LogP contribution in [0.3, 0.4) is 0 Å². The third-order valence-electron chi connectivity index (χ3n) is 5.29. The molecule has 2 unspecified atom stereocenters. The predicted octanol–water partition coefficient (Wildman–Crippen LogP) is 0.188. The van der Waals surface area contributed by atoms with Gasteiger partial charge in [0, 0.05) is 56.9 Å². The largest absolute Gasteiger partial charge is 0.329 e. The van der Waals surface area contributed by atoms with Gasteiger partial charge >= 0.3 is 0 Å². The molecule has 0 aromatic carbocycles. The van der Waals surface area contributed by atoms with E-state index >= 15 is 0 Å². The number of likely N-dealkylation sites (tertiary alicyclic amines) is 1. The SMILES string of the molecule is CC1CC(CN)(N2CCN(C)CC2)CN1C1CC1. The molecule has 2 N–H and O–H groups in total. The number of rotatable bonds is 3. The molecule has 3 fully saturated rings.